The van der Waals surface area contributed by atoms with Gasteiger partial charge in [-0.15, -0.1) is 0 Å². The number of methoxy groups -OCH3 is 1. The van der Waals surface area contributed by atoms with Crippen LogP contribution in [0.2, 0.25) is 0 Å². The van der Waals surface area contributed by atoms with E-state index in [4.69, 9.17) is 4.74 Å². The Morgan fingerprint density at radius 3 is 2.40 bits per heavy atom. The van der Waals surface area contributed by atoms with Crippen LogP contribution in [0.1, 0.15) is 36.6 Å². The van der Waals surface area contributed by atoms with E-state index in [1.165, 1.54) is 17.7 Å². The van der Waals surface area contributed by atoms with Gasteiger partial charge >= 0.3 is 0 Å². The van der Waals surface area contributed by atoms with Crippen LogP contribution in [0.3, 0.4) is 0 Å². The summed E-state index contributed by atoms with van der Waals surface area (Å²) >= 11 is 0. The van der Waals surface area contributed by atoms with Gasteiger partial charge in [0.2, 0.25) is 5.91 Å². The maximum Gasteiger partial charge on any atom is 0.241 e. The highest BCUT2D eigenvalue weighted by Crippen LogP contribution is 2.26. The minimum absolute atomic E-state index is 0.203. The standard InChI is InChI=1S/C25H27FN2O2/c1-4-18-12-14-19(15-13-18)24(20-8-7-9-21(26)16-20)27-17(2)25(29)28-22-10-5-6-11-23(22)30-3/h5-17,24,27H,4H2,1-3H3,(H,28,29)/t17-,24-/m1/s1. The average molecular weight is 407 g/mol. The number of rotatable bonds is 8. The normalized spacial score (nSPS) is 12.8. The van der Waals surface area contributed by atoms with Crippen molar-refractivity contribution in [2.45, 2.75) is 32.4 Å². The van der Waals surface area contributed by atoms with E-state index >= 15 is 0 Å². The Labute approximate surface area is 177 Å². The minimum Gasteiger partial charge on any atom is -0.495 e. The Kier molecular flexibility index (Phi) is 7.20. The molecule has 0 heterocycles. The third-order valence-corrected chi connectivity index (χ3v) is 5.08. The van der Waals surface area contributed by atoms with Crippen LogP contribution >= 0.6 is 0 Å². The third kappa shape index (κ3) is 5.24. The molecule has 4 nitrogen and oxygen atoms in total. The fourth-order valence-corrected chi connectivity index (χ4v) is 3.33. The number of nitrogens with one attached hydrogen (secondary N) is 2. The summed E-state index contributed by atoms with van der Waals surface area (Å²) in [6.07, 6.45) is 0.941. The van der Waals surface area contributed by atoms with E-state index in [1.807, 2.05) is 30.3 Å². The molecule has 3 aromatic carbocycles. The Hall–Kier alpha value is -3.18. The molecule has 0 bridgehead atoms. The van der Waals surface area contributed by atoms with Gasteiger partial charge in [0, 0.05) is 0 Å². The number of aryl methyl sites for hydroxylation is 1. The highest BCUT2D eigenvalue weighted by atomic mass is 19.1. The predicted octanol–water partition coefficient (Wildman–Crippen LogP) is 5.10. The number of amides is 1. The first kappa shape index (κ1) is 21.5. The summed E-state index contributed by atoms with van der Waals surface area (Å²) in [6, 6.07) is 21.0. The van der Waals surface area contributed by atoms with Crippen LogP contribution in [0.15, 0.2) is 72.8 Å². The van der Waals surface area contributed by atoms with Crippen molar-refractivity contribution in [1.29, 1.82) is 0 Å². The van der Waals surface area contributed by atoms with Gasteiger partial charge in [-0.2, -0.15) is 0 Å². The monoisotopic (exact) mass is 406 g/mol. The van der Waals surface area contributed by atoms with Crippen LogP contribution in [0, 0.1) is 5.82 Å². The van der Waals surface area contributed by atoms with Crippen molar-refractivity contribution >= 4 is 11.6 Å². The van der Waals surface area contributed by atoms with Crippen LogP contribution in [0.4, 0.5) is 10.1 Å². The van der Waals surface area contributed by atoms with Gasteiger partial charge in [0.15, 0.2) is 0 Å². The highest BCUT2D eigenvalue weighted by molar-refractivity contribution is 5.95. The lowest BCUT2D eigenvalue weighted by Crippen LogP contribution is -2.40. The second kappa shape index (κ2) is 10.0. The van der Waals surface area contributed by atoms with Crippen molar-refractivity contribution in [2.24, 2.45) is 0 Å². The number of benzene rings is 3. The van der Waals surface area contributed by atoms with Gasteiger partial charge in [0.1, 0.15) is 11.6 Å². The SMILES string of the molecule is CCc1ccc([C@@H](N[C@H](C)C(=O)Nc2ccccc2OC)c2cccc(F)c2)cc1. The smallest absolute Gasteiger partial charge is 0.241 e. The van der Waals surface area contributed by atoms with Crippen molar-refractivity contribution < 1.29 is 13.9 Å². The van der Waals surface area contributed by atoms with Crippen molar-refractivity contribution in [1.82, 2.24) is 5.32 Å². The fraction of sp³-hybridized carbons (Fsp3) is 0.240. The molecule has 5 heteroatoms. The number of hydrogen-bond donors (Lipinski definition) is 2. The molecule has 2 N–H and O–H groups in total. The summed E-state index contributed by atoms with van der Waals surface area (Å²) in [5, 5.41) is 6.25. The zero-order valence-electron chi connectivity index (χ0n) is 17.5. The molecule has 0 radical (unpaired) electrons. The van der Waals surface area contributed by atoms with Gasteiger partial charge in [-0.3, -0.25) is 10.1 Å². The third-order valence-electron chi connectivity index (χ3n) is 5.08. The number of carbonyl (C=O) groups is 1. The second-order valence-electron chi connectivity index (χ2n) is 7.16. The molecule has 3 rings (SSSR count). The molecule has 0 saturated heterocycles. The largest absolute Gasteiger partial charge is 0.495 e. The summed E-state index contributed by atoms with van der Waals surface area (Å²) in [5.74, 6) is 0.0802. The van der Waals surface area contributed by atoms with Gasteiger partial charge in [-0.1, -0.05) is 55.5 Å². The molecule has 3 aromatic rings. The van der Waals surface area contributed by atoms with E-state index in [0.29, 0.717) is 11.4 Å². The lowest BCUT2D eigenvalue weighted by atomic mass is 9.96. The molecule has 30 heavy (non-hydrogen) atoms. The first-order chi connectivity index (χ1) is 14.5. The van der Waals surface area contributed by atoms with Crippen LogP contribution in [0.5, 0.6) is 5.75 Å². The van der Waals surface area contributed by atoms with Gasteiger partial charge in [0.25, 0.3) is 0 Å². The molecule has 0 spiro atoms. The van der Waals surface area contributed by atoms with Gasteiger partial charge in [-0.25, -0.2) is 4.39 Å². The predicted molar refractivity (Wildman–Crippen MR) is 118 cm³/mol. The number of para-hydroxylation sites is 2. The van der Waals surface area contributed by atoms with E-state index in [1.54, 1.807) is 32.2 Å². The molecule has 0 saturated carbocycles. The van der Waals surface area contributed by atoms with E-state index in [9.17, 15) is 9.18 Å². The van der Waals surface area contributed by atoms with Crippen LogP contribution in [-0.4, -0.2) is 19.1 Å². The van der Waals surface area contributed by atoms with Gasteiger partial charge in [-0.05, 0) is 54.3 Å². The van der Waals surface area contributed by atoms with Crippen molar-refractivity contribution in [2.75, 3.05) is 12.4 Å². The molecule has 2 atom stereocenters. The van der Waals surface area contributed by atoms with E-state index < -0.39 is 6.04 Å². The van der Waals surface area contributed by atoms with Crippen LogP contribution in [-0.2, 0) is 11.2 Å². The number of halogens is 1. The summed E-state index contributed by atoms with van der Waals surface area (Å²) in [5.41, 5.74) is 3.55. The molecule has 0 aliphatic rings. The van der Waals surface area contributed by atoms with Crippen LogP contribution < -0.4 is 15.4 Å². The molecule has 0 aliphatic heterocycles. The minimum atomic E-state index is -0.533. The second-order valence-corrected chi connectivity index (χ2v) is 7.16. The Bertz CT molecular complexity index is 988. The summed E-state index contributed by atoms with van der Waals surface area (Å²) in [4.78, 5) is 12.8. The molecule has 0 fully saturated rings. The maximum atomic E-state index is 13.9. The first-order valence-corrected chi connectivity index (χ1v) is 10.1. The fourth-order valence-electron chi connectivity index (χ4n) is 3.33. The molecule has 0 aromatic heterocycles. The van der Waals surface area contributed by atoms with E-state index in [2.05, 4.69) is 29.7 Å². The van der Waals surface area contributed by atoms with Crippen molar-refractivity contribution in [3.63, 3.8) is 0 Å². The number of ether oxygens (including phenoxy) is 1. The lowest BCUT2D eigenvalue weighted by molar-refractivity contribution is -0.117. The maximum absolute atomic E-state index is 13.9. The van der Waals surface area contributed by atoms with Gasteiger partial charge < -0.3 is 10.1 Å². The first-order valence-electron chi connectivity index (χ1n) is 10.1. The summed E-state index contributed by atoms with van der Waals surface area (Å²) < 4.78 is 19.2. The van der Waals surface area contributed by atoms with E-state index in [0.717, 1.165) is 17.5 Å². The number of hydrogen-bond acceptors (Lipinski definition) is 3. The molecular weight excluding hydrogens is 379 g/mol. The summed E-state index contributed by atoms with van der Waals surface area (Å²) in [7, 11) is 1.56. The lowest BCUT2D eigenvalue weighted by Gasteiger charge is -2.24. The van der Waals surface area contributed by atoms with Crippen molar-refractivity contribution in [3.05, 3.63) is 95.3 Å². The number of anilines is 1. The average Bonchev–Trinajstić information content (AvgIpc) is 2.77. The highest BCUT2D eigenvalue weighted by Gasteiger charge is 2.22. The Morgan fingerprint density at radius 2 is 1.73 bits per heavy atom. The topological polar surface area (TPSA) is 50.4 Å². The molecule has 1 amide bonds. The summed E-state index contributed by atoms with van der Waals surface area (Å²) in [6.45, 7) is 3.89. The zero-order valence-corrected chi connectivity index (χ0v) is 17.5. The Morgan fingerprint density at radius 1 is 1.00 bits per heavy atom. The zero-order chi connectivity index (χ0) is 21.5. The molecule has 0 aliphatic carbocycles. The van der Waals surface area contributed by atoms with Crippen LogP contribution in [0.25, 0.3) is 0 Å². The Balaban J connectivity index is 1.83. The molecular formula is C25H27FN2O2. The quantitative estimate of drug-likeness (QED) is 0.547. The molecule has 156 valence electrons. The van der Waals surface area contributed by atoms with Crippen molar-refractivity contribution in [3.8, 4) is 5.75 Å². The molecule has 0 unspecified atom stereocenters. The van der Waals surface area contributed by atoms with E-state index in [-0.39, 0.29) is 17.8 Å². The number of carbonyl (C=O) groups excluding carboxylic acids is 1. The van der Waals surface area contributed by atoms with Gasteiger partial charge in [0.05, 0.1) is 24.9 Å².